The molecule has 1 fully saturated rings. The lowest BCUT2D eigenvalue weighted by Gasteiger charge is -2.36. The fraction of sp³-hybridized carbons (Fsp3) is 1.00. The first-order valence-electron chi connectivity index (χ1n) is 3.67. The van der Waals surface area contributed by atoms with E-state index in [1.165, 1.54) is 0 Å². The quantitative estimate of drug-likeness (QED) is 0.726. The summed E-state index contributed by atoms with van der Waals surface area (Å²) in [6.45, 7) is -0.570. The average molecular weight is 234 g/mol. The fourth-order valence-electron chi connectivity index (χ4n) is 1.05. The van der Waals surface area contributed by atoms with Gasteiger partial charge in [0.2, 0.25) is 0 Å². The zero-order valence-electron chi connectivity index (χ0n) is 6.99. The Morgan fingerprint density at radius 1 is 1.43 bits per heavy atom. The number of alkyl halides is 3. The number of ether oxygens (including phenoxy) is 1. The first kappa shape index (κ1) is 11.7. The van der Waals surface area contributed by atoms with Crippen LogP contribution in [-0.4, -0.2) is 38.8 Å². The molecule has 14 heavy (non-hydrogen) atoms. The topological polar surface area (TPSA) is 72.6 Å². The molecule has 9 heteroatoms. The summed E-state index contributed by atoms with van der Waals surface area (Å²) >= 11 is 0. The van der Waals surface area contributed by atoms with E-state index in [0.717, 1.165) is 4.31 Å². The maximum atomic E-state index is 11.5. The Kier molecular flexibility index (Phi) is 3.04. The first-order valence-corrected chi connectivity index (χ1v) is 5.17. The summed E-state index contributed by atoms with van der Waals surface area (Å²) in [7, 11) is -3.76. The van der Waals surface area contributed by atoms with Crippen molar-refractivity contribution in [1.29, 1.82) is 0 Å². The summed E-state index contributed by atoms with van der Waals surface area (Å²) in [6.07, 6.45) is -4.66. The van der Waals surface area contributed by atoms with Gasteiger partial charge >= 0.3 is 6.36 Å². The summed E-state index contributed by atoms with van der Waals surface area (Å²) in [5.41, 5.74) is 0. The fourth-order valence-corrected chi connectivity index (χ4v) is 1.89. The molecule has 2 N–H and O–H groups in total. The van der Waals surface area contributed by atoms with E-state index in [9.17, 15) is 21.6 Å². The number of hydrogen-bond donors (Lipinski definition) is 1. The maximum absolute atomic E-state index is 11.5. The molecule has 1 aliphatic rings. The van der Waals surface area contributed by atoms with Crippen LogP contribution in [-0.2, 0) is 14.9 Å². The number of nitrogens with two attached hydrogens (primary N) is 1. The largest absolute Gasteiger partial charge is 0.522 e. The van der Waals surface area contributed by atoms with Gasteiger partial charge in [-0.05, 0) is 0 Å². The van der Waals surface area contributed by atoms with E-state index < -0.39 is 29.1 Å². The second kappa shape index (κ2) is 3.65. The van der Waals surface area contributed by atoms with Crippen LogP contribution in [0.15, 0.2) is 0 Å². The predicted molar refractivity (Wildman–Crippen MR) is 40.2 cm³/mol. The molecule has 1 heterocycles. The zero-order chi connectivity index (χ0) is 11.0. The van der Waals surface area contributed by atoms with Crippen molar-refractivity contribution in [3.05, 3.63) is 0 Å². The standard InChI is InChI=1S/C5H9F3N2O3S/c6-5(7,8)13-3-4-1-10(2-4)14(9,11)12/h4H,1-3H2,(H2,9,11,12). The number of nitrogens with zero attached hydrogens (tertiary/aromatic N) is 1. The van der Waals surface area contributed by atoms with Crippen molar-refractivity contribution in [1.82, 2.24) is 4.31 Å². The van der Waals surface area contributed by atoms with Gasteiger partial charge in [-0.2, -0.15) is 12.7 Å². The van der Waals surface area contributed by atoms with Crippen molar-refractivity contribution in [2.45, 2.75) is 6.36 Å². The van der Waals surface area contributed by atoms with Crippen LogP contribution in [0.25, 0.3) is 0 Å². The molecule has 0 aromatic rings. The lowest BCUT2D eigenvalue weighted by molar-refractivity contribution is -0.330. The highest BCUT2D eigenvalue weighted by Gasteiger charge is 2.37. The summed E-state index contributed by atoms with van der Waals surface area (Å²) in [6, 6.07) is 0. The van der Waals surface area contributed by atoms with Crippen molar-refractivity contribution in [3.63, 3.8) is 0 Å². The Balaban J connectivity index is 2.23. The molecule has 1 saturated heterocycles. The van der Waals surface area contributed by atoms with Crippen LogP contribution in [0.1, 0.15) is 0 Å². The second-order valence-electron chi connectivity index (χ2n) is 2.98. The number of halogens is 3. The van der Waals surface area contributed by atoms with Gasteiger partial charge in [-0.15, -0.1) is 13.2 Å². The third-order valence-electron chi connectivity index (χ3n) is 1.77. The van der Waals surface area contributed by atoms with E-state index in [1.54, 1.807) is 0 Å². The summed E-state index contributed by atoms with van der Waals surface area (Å²) < 4.78 is 60.2. The normalized spacial score (nSPS) is 20.9. The van der Waals surface area contributed by atoms with E-state index in [4.69, 9.17) is 5.14 Å². The maximum Gasteiger partial charge on any atom is 0.522 e. The molecule has 84 valence electrons. The van der Waals surface area contributed by atoms with Gasteiger partial charge in [-0.25, -0.2) is 5.14 Å². The summed E-state index contributed by atoms with van der Waals surface area (Å²) in [4.78, 5) is 0. The minimum absolute atomic E-state index is 0.0189. The highest BCUT2D eigenvalue weighted by Crippen LogP contribution is 2.22. The highest BCUT2D eigenvalue weighted by molar-refractivity contribution is 7.86. The molecule has 1 aliphatic heterocycles. The van der Waals surface area contributed by atoms with Crippen LogP contribution in [0.3, 0.4) is 0 Å². The van der Waals surface area contributed by atoms with Crippen molar-refractivity contribution in [3.8, 4) is 0 Å². The van der Waals surface area contributed by atoms with E-state index in [2.05, 4.69) is 4.74 Å². The molecule has 1 rings (SSSR count). The van der Waals surface area contributed by atoms with Crippen molar-refractivity contribution < 1.29 is 26.3 Å². The van der Waals surface area contributed by atoms with Gasteiger partial charge in [0.05, 0.1) is 6.61 Å². The van der Waals surface area contributed by atoms with Gasteiger partial charge in [-0.3, -0.25) is 4.74 Å². The third kappa shape index (κ3) is 3.40. The van der Waals surface area contributed by atoms with Gasteiger partial charge < -0.3 is 0 Å². The van der Waals surface area contributed by atoms with Gasteiger partial charge in [0.15, 0.2) is 0 Å². The van der Waals surface area contributed by atoms with Crippen LogP contribution in [0.4, 0.5) is 13.2 Å². The molecule has 0 radical (unpaired) electrons. The smallest absolute Gasteiger partial charge is 0.292 e. The van der Waals surface area contributed by atoms with Crippen LogP contribution in [0.2, 0.25) is 0 Å². The molecular formula is C5H9F3N2O3S. The Morgan fingerprint density at radius 3 is 2.29 bits per heavy atom. The molecule has 5 nitrogen and oxygen atoms in total. The minimum atomic E-state index is -4.66. The van der Waals surface area contributed by atoms with Gasteiger partial charge in [0.25, 0.3) is 10.2 Å². The average Bonchev–Trinajstić information content (AvgIpc) is 1.76. The Labute approximate surface area is 78.8 Å². The molecular weight excluding hydrogens is 225 g/mol. The van der Waals surface area contributed by atoms with Crippen molar-refractivity contribution in [2.75, 3.05) is 19.7 Å². The van der Waals surface area contributed by atoms with Crippen molar-refractivity contribution in [2.24, 2.45) is 11.1 Å². The van der Waals surface area contributed by atoms with Gasteiger partial charge in [0.1, 0.15) is 0 Å². The molecule has 0 saturated carbocycles. The SMILES string of the molecule is NS(=O)(=O)N1CC(COC(F)(F)F)C1. The van der Waals surface area contributed by atoms with Crippen LogP contribution < -0.4 is 5.14 Å². The third-order valence-corrected chi connectivity index (χ3v) is 2.78. The van der Waals surface area contributed by atoms with Crippen LogP contribution in [0.5, 0.6) is 0 Å². The predicted octanol–water partition coefficient (Wildman–Crippen LogP) is -0.342. The first-order chi connectivity index (χ1) is 6.18. The van der Waals surface area contributed by atoms with E-state index in [1.807, 2.05) is 0 Å². The number of hydrogen-bond acceptors (Lipinski definition) is 3. The molecule has 0 spiro atoms. The molecule has 0 unspecified atom stereocenters. The molecule has 0 aromatic carbocycles. The lowest BCUT2D eigenvalue weighted by atomic mass is 10.1. The van der Waals surface area contributed by atoms with Crippen molar-refractivity contribution >= 4 is 10.2 Å². The van der Waals surface area contributed by atoms with Crippen LogP contribution >= 0.6 is 0 Å². The Morgan fingerprint density at radius 2 is 1.93 bits per heavy atom. The van der Waals surface area contributed by atoms with E-state index in [-0.39, 0.29) is 13.1 Å². The molecule has 0 amide bonds. The highest BCUT2D eigenvalue weighted by atomic mass is 32.2. The second-order valence-corrected chi connectivity index (χ2v) is 4.53. The molecule has 0 atom stereocenters. The molecule has 0 bridgehead atoms. The summed E-state index contributed by atoms with van der Waals surface area (Å²) in [5.74, 6) is -0.435. The van der Waals surface area contributed by atoms with Crippen LogP contribution in [0, 0.1) is 5.92 Å². The summed E-state index contributed by atoms with van der Waals surface area (Å²) in [5, 5.41) is 4.72. The minimum Gasteiger partial charge on any atom is -0.292 e. The van der Waals surface area contributed by atoms with Gasteiger partial charge in [0, 0.05) is 19.0 Å². The Hall–Kier alpha value is -0.380. The lowest BCUT2D eigenvalue weighted by Crippen LogP contribution is -2.54. The zero-order valence-corrected chi connectivity index (χ0v) is 7.81. The van der Waals surface area contributed by atoms with E-state index in [0.29, 0.717) is 0 Å². The monoisotopic (exact) mass is 234 g/mol. The number of rotatable bonds is 3. The molecule has 0 aromatic heterocycles. The van der Waals surface area contributed by atoms with Gasteiger partial charge in [-0.1, -0.05) is 0 Å². The molecule has 0 aliphatic carbocycles. The van der Waals surface area contributed by atoms with E-state index >= 15 is 0 Å². The Bertz CT molecular complexity index is 296.